The standard InChI is InChI=1S/C28H29FN6O3/c1-18-8-9-19(23-15-28(2,38-33-23)27(37)35-12-10-34(3)11-13-35)14-21(18)24-16-31-25(17-30-24)32-26(36)20-6-4-5-7-22(20)29/h4-9,14,16-17H,10-13,15H2,1-3H3,(H,31,32,36). The summed E-state index contributed by atoms with van der Waals surface area (Å²) < 4.78 is 13.9. The van der Waals surface area contributed by atoms with Crippen LogP contribution in [0.4, 0.5) is 10.2 Å². The average molecular weight is 517 g/mol. The summed E-state index contributed by atoms with van der Waals surface area (Å²) in [5.74, 6) is -1.04. The van der Waals surface area contributed by atoms with E-state index in [0.717, 1.165) is 29.8 Å². The normalized spacial score (nSPS) is 19.6. The van der Waals surface area contributed by atoms with Crippen LogP contribution in [-0.4, -0.2) is 76.1 Å². The first-order chi connectivity index (χ1) is 18.2. The van der Waals surface area contributed by atoms with Crippen molar-refractivity contribution in [2.24, 2.45) is 5.16 Å². The van der Waals surface area contributed by atoms with Gasteiger partial charge in [0.1, 0.15) is 5.82 Å². The third-order valence-corrected chi connectivity index (χ3v) is 6.96. The van der Waals surface area contributed by atoms with Gasteiger partial charge in [-0.25, -0.2) is 9.37 Å². The fraction of sp³-hybridized carbons (Fsp3) is 0.321. The van der Waals surface area contributed by atoms with Crippen LogP contribution >= 0.6 is 0 Å². The van der Waals surface area contributed by atoms with E-state index in [-0.39, 0.29) is 17.3 Å². The zero-order chi connectivity index (χ0) is 26.9. The summed E-state index contributed by atoms with van der Waals surface area (Å²) in [6.07, 6.45) is 3.35. The Bertz CT molecular complexity index is 1400. The minimum absolute atomic E-state index is 0.0458. The Morgan fingerprint density at radius 2 is 1.82 bits per heavy atom. The molecular formula is C28H29FN6O3. The molecule has 0 saturated carbocycles. The number of aryl methyl sites for hydroxylation is 1. The molecule has 2 aliphatic heterocycles. The number of nitrogens with one attached hydrogen (secondary N) is 1. The second-order valence-electron chi connectivity index (χ2n) is 9.88. The predicted molar refractivity (Wildman–Crippen MR) is 141 cm³/mol. The number of piperazine rings is 1. The van der Waals surface area contributed by atoms with E-state index in [1.54, 1.807) is 19.2 Å². The molecule has 1 aromatic heterocycles. The van der Waals surface area contributed by atoms with Gasteiger partial charge in [0.2, 0.25) is 5.60 Å². The Kier molecular flexibility index (Phi) is 6.90. The molecule has 0 spiro atoms. The molecular weight excluding hydrogens is 487 g/mol. The van der Waals surface area contributed by atoms with E-state index >= 15 is 0 Å². The monoisotopic (exact) mass is 516 g/mol. The van der Waals surface area contributed by atoms with E-state index in [2.05, 4.69) is 25.3 Å². The Hall–Kier alpha value is -4.18. The van der Waals surface area contributed by atoms with Crippen molar-refractivity contribution in [1.82, 2.24) is 19.8 Å². The highest BCUT2D eigenvalue weighted by molar-refractivity contribution is 6.06. The molecule has 2 aliphatic rings. The van der Waals surface area contributed by atoms with Crippen LogP contribution in [-0.2, 0) is 9.63 Å². The van der Waals surface area contributed by atoms with E-state index in [4.69, 9.17) is 4.84 Å². The molecule has 2 amide bonds. The first-order valence-electron chi connectivity index (χ1n) is 12.5. The van der Waals surface area contributed by atoms with Crippen LogP contribution in [0.5, 0.6) is 0 Å². The number of amides is 2. The summed E-state index contributed by atoms with van der Waals surface area (Å²) in [5.41, 5.74) is 2.83. The van der Waals surface area contributed by atoms with Crippen LogP contribution in [0.15, 0.2) is 60.0 Å². The van der Waals surface area contributed by atoms with Gasteiger partial charge in [-0.1, -0.05) is 29.4 Å². The molecule has 2 aromatic carbocycles. The minimum Gasteiger partial charge on any atom is -0.379 e. The van der Waals surface area contributed by atoms with Gasteiger partial charge in [-0.2, -0.15) is 0 Å². The Labute approximate surface area is 220 Å². The number of anilines is 1. The number of benzene rings is 2. The maximum absolute atomic E-state index is 13.9. The number of halogens is 1. The number of carbonyl (C=O) groups is 2. The van der Waals surface area contributed by atoms with Crippen molar-refractivity contribution in [1.29, 1.82) is 0 Å². The molecule has 0 bridgehead atoms. The molecule has 0 radical (unpaired) electrons. The van der Waals surface area contributed by atoms with E-state index in [0.29, 0.717) is 30.9 Å². The van der Waals surface area contributed by atoms with Crippen LogP contribution in [0.1, 0.15) is 34.8 Å². The summed E-state index contributed by atoms with van der Waals surface area (Å²) in [5, 5.41) is 6.85. The van der Waals surface area contributed by atoms with E-state index in [1.165, 1.54) is 24.4 Å². The summed E-state index contributed by atoms with van der Waals surface area (Å²) in [7, 11) is 2.05. The molecule has 1 fully saturated rings. The number of likely N-dealkylation sites (N-methyl/N-ethyl adjacent to an activating group) is 1. The van der Waals surface area contributed by atoms with Crippen molar-refractivity contribution in [2.45, 2.75) is 25.9 Å². The highest BCUT2D eigenvalue weighted by Crippen LogP contribution is 2.31. The van der Waals surface area contributed by atoms with E-state index < -0.39 is 17.3 Å². The summed E-state index contributed by atoms with van der Waals surface area (Å²) in [6, 6.07) is 11.6. The van der Waals surface area contributed by atoms with Gasteiger partial charge in [-0.3, -0.25) is 14.6 Å². The van der Waals surface area contributed by atoms with Crippen molar-refractivity contribution < 1.29 is 18.8 Å². The number of hydrogen-bond donors (Lipinski definition) is 1. The SMILES string of the molecule is Cc1ccc(C2=NOC(C)(C(=O)N3CCN(C)CC3)C2)cc1-c1cnc(NC(=O)c2ccccc2F)cn1. The van der Waals surface area contributed by atoms with Crippen molar-refractivity contribution in [3.05, 3.63) is 77.4 Å². The van der Waals surface area contributed by atoms with Crippen molar-refractivity contribution >= 4 is 23.3 Å². The van der Waals surface area contributed by atoms with Crippen LogP contribution in [0.3, 0.4) is 0 Å². The molecule has 5 rings (SSSR count). The quantitative estimate of drug-likeness (QED) is 0.557. The molecule has 3 aromatic rings. The van der Waals surface area contributed by atoms with Gasteiger partial charge in [0.15, 0.2) is 5.82 Å². The summed E-state index contributed by atoms with van der Waals surface area (Å²) >= 11 is 0. The van der Waals surface area contributed by atoms with Crippen LogP contribution in [0.2, 0.25) is 0 Å². The average Bonchev–Trinajstić information content (AvgIpc) is 3.33. The Morgan fingerprint density at radius 1 is 1.05 bits per heavy atom. The molecule has 1 saturated heterocycles. The second-order valence-corrected chi connectivity index (χ2v) is 9.88. The smallest absolute Gasteiger partial charge is 0.269 e. The van der Waals surface area contributed by atoms with E-state index in [1.807, 2.05) is 37.1 Å². The maximum atomic E-state index is 13.9. The predicted octanol–water partition coefficient (Wildman–Crippen LogP) is 3.50. The second kappa shape index (κ2) is 10.3. The summed E-state index contributed by atoms with van der Waals surface area (Å²) in [4.78, 5) is 44.1. The van der Waals surface area contributed by atoms with Crippen LogP contribution in [0.25, 0.3) is 11.3 Å². The molecule has 0 aliphatic carbocycles. The van der Waals surface area contributed by atoms with Gasteiger partial charge in [-0.05, 0) is 44.7 Å². The Balaban J connectivity index is 1.29. The van der Waals surface area contributed by atoms with Gasteiger partial charge in [-0.15, -0.1) is 0 Å². The van der Waals surface area contributed by atoms with Crippen molar-refractivity contribution in [3.63, 3.8) is 0 Å². The molecule has 196 valence electrons. The fourth-order valence-corrected chi connectivity index (χ4v) is 4.59. The molecule has 38 heavy (non-hydrogen) atoms. The van der Waals surface area contributed by atoms with Gasteiger partial charge in [0.05, 0.1) is 29.4 Å². The number of rotatable bonds is 5. The van der Waals surface area contributed by atoms with Crippen molar-refractivity contribution in [3.8, 4) is 11.3 Å². The zero-order valence-electron chi connectivity index (χ0n) is 21.6. The van der Waals surface area contributed by atoms with Gasteiger partial charge in [0.25, 0.3) is 11.8 Å². The number of oxime groups is 1. The summed E-state index contributed by atoms with van der Waals surface area (Å²) in [6.45, 7) is 6.77. The lowest BCUT2D eigenvalue weighted by Crippen LogP contribution is -2.54. The number of aromatic nitrogens is 2. The number of carbonyl (C=O) groups excluding carboxylic acids is 2. The first-order valence-corrected chi connectivity index (χ1v) is 12.5. The lowest BCUT2D eigenvalue weighted by atomic mass is 9.92. The van der Waals surface area contributed by atoms with Crippen LogP contribution in [0, 0.1) is 12.7 Å². The number of hydrogen-bond acceptors (Lipinski definition) is 7. The molecule has 3 heterocycles. The topological polar surface area (TPSA) is 100 Å². The van der Waals surface area contributed by atoms with Gasteiger partial charge in [0, 0.05) is 43.7 Å². The lowest BCUT2D eigenvalue weighted by Gasteiger charge is -2.36. The maximum Gasteiger partial charge on any atom is 0.269 e. The lowest BCUT2D eigenvalue weighted by molar-refractivity contribution is -0.154. The van der Waals surface area contributed by atoms with Crippen LogP contribution < -0.4 is 5.32 Å². The number of nitrogens with zero attached hydrogens (tertiary/aromatic N) is 5. The molecule has 1 N–H and O–H groups in total. The molecule has 1 atom stereocenters. The largest absolute Gasteiger partial charge is 0.379 e. The van der Waals surface area contributed by atoms with Crippen molar-refractivity contribution in [2.75, 3.05) is 38.5 Å². The zero-order valence-corrected chi connectivity index (χ0v) is 21.6. The highest BCUT2D eigenvalue weighted by Gasteiger charge is 2.45. The highest BCUT2D eigenvalue weighted by atomic mass is 19.1. The van der Waals surface area contributed by atoms with Gasteiger partial charge >= 0.3 is 0 Å². The third kappa shape index (κ3) is 5.12. The fourth-order valence-electron chi connectivity index (χ4n) is 4.59. The first kappa shape index (κ1) is 25.5. The molecule has 1 unspecified atom stereocenters. The molecule has 9 nitrogen and oxygen atoms in total. The van der Waals surface area contributed by atoms with Gasteiger partial charge < -0.3 is 20.0 Å². The van der Waals surface area contributed by atoms with E-state index in [9.17, 15) is 14.0 Å². The minimum atomic E-state index is -1.03. The molecule has 10 heteroatoms. The Morgan fingerprint density at radius 3 is 2.53 bits per heavy atom. The third-order valence-electron chi connectivity index (χ3n) is 6.96.